The summed E-state index contributed by atoms with van der Waals surface area (Å²) in [5, 5.41) is 19.8. The number of piperidine rings is 1. The first-order chi connectivity index (χ1) is 27.4. The van der Waals surface area contributed by atoms with Crippen molar-refractivity contribution >= 4 is 40.9 Å². The van der Waals surface area contributed by atoms with Crippen LogP contribution >= 0.6 is 11.8 Å². The summed E-state index contributed by atoms with van der Waals surface area (Å²) in [7, 11) is 0. The van der Waals surface area contributed by atoms with Crippen LogP contribution in [0, 0.1) is 11.7 Å². The Labute approximate surface area is 331 Å². The van der Waals surface area contributed by atoms with Gasteiger partial charge in [0.25, 0.3) is 5.91 Å². The number of thioether (sulfide) groups is 1. The second kappa shape index (κ2) is 17.2. The Morgan fingerprint density at radius 3 is 2.59 bits per heavy atom. The molecule has 2 saturated heterocycles. The van der Waals surface area contributed by atoms with Crippen molar-refractivity contribution in [3.8, 4) is 11.1 Å². The molecule has 0 aliphatic carbocycles. The molecule has 3 aromatic carbocycles. The van der Waals surface area contributed by atoms with E-state index in [-0.39, 0.29) is 49.9 Å². The van der Waals surface area contributed by atoms with E-state index in [1.807, 2.05) is 12.4 Å². The number of fused-ring (bicyclic) bond motifs is 4. The predicted octanol–water partition coefficient (Wildman–Crippen LogP) is 7.15. The molecule has 4 aliphatic rings. The molecule has 1 unspecified atom stereocenters. The van der Waals surface area contributed by atoms with Crippen molar-refractivity contribution in [2.24, 2.45) is 5.92 Å². The van der Waals surface area contributed by atoms with Gasteiger partial charge >= 0.3 is 0 Å². The Kier molecular flexibility index (Phi) is 11.7. The molecule has 0 saturated carbocycles. The average Bonchev–Trinajstić information content (AvgIpc) is 3.78. The summed E-state index contributed by atoms with van der Waals surface area (Å²) in [5.74, 6) is -0.432. The van der Waals surface area contributed by atoms with Crippen molar-refractivity contribution < 1.29 is 23.9 Å². The number of aliphatic hydroxyl groups excluding tert-OH is 1. The van der Waals surface area contributed by atoms with E-state index < -0.39 is 17.8 Å². The number of rotatable bonds is 15. The van der Waals surface area contributed by atoms with Gasteiger partial charge in [0.2, 0.25) is 11.8 Å². The van der Waals surface area contributed by atoms with E-state index in [0.29, 0.717) is 11.5 Å². The lowest BCUT2D eigenvalue weighted by molar-refractivity contribution is -0.136. The van der Waals surface area contributed by atoms with Crippen molar-refractivity contribution in [2.75, 3.05) is 36.1 Å². The molecule has 10 nitrogen and oxygen atoms in total. The Morgan fingerprint density at radius 2 is 1.75 bits per heavy atom. The molecule has 8 rings (SSSR count). The molecule has 4 N–H and O–H groups in total. The molecule has 0 radical (unpaired) electrons. The minimum Gasteiger partial charge on any atom is -0.394 e. The van der Waals surface area contributed by atoms with Crippen LogP contribution in [0.15, 0.2) is 84.0 Å². The quantitative estimate of drug-likeness (QED) is 0.0566. The fraction of sp³-hybridized carbons (Fsp3) is 0.409. The van der Waals surface area contributed by atoms with Crippen LogP contribution in [0.1, 0.15) is 84.5 Å². The second-order valence-corrected chi connectivity index (χ2v) is 16.5. The highest BCUT2D eigenvalue weighted by atomic mass is 32.2. The third-order valence-electron chi connectivity index (χ3n) is 11.8. The summed E-state index contributed by atoms with van der Waals surface area (Å²) in [6.45, 7) is 3.11. The number of halogens is 1. The van der Waals surface area contributed by atoms with Gasteiger partial charge in [0, 0.05) is 72.2 Å². The predicted molar refractivity (Wildman–Crippen MR) is 217 cm³/mol. The van der Waals surface area contributed by atoms with E-state index in [0.717, 1.165) is 85.7 Å². The first-order valence-electron chi connectivity index (χ1n) is 19.9. The molecule has 0 spiro atoms. The number of benzene rings is 3. The van der Waals surface area contributed by atoms with E-state index >= 15 is 0 Å². The molecule has 12 heteroatoms. The number of pyridine rings is 1. The number of aromatic nitrogens is 1. The van der Waals surface area contributed by atoms with Crippen molar-refractivity contribution in [3.05, 3.63) is 107 Å². The largest absolute Gasteiger partial charge is 0.394 e. The Balaban J connectivity index is 0.801. The van der Waals surface area contributed by atoms with Crippen LogP contribution in [0.4, 0.5) is 15.8 Å². The third kappa shape index (κ3) is 8.19. The first-order valence-corrected chi connectivity index (χ1v) is 20.9. The minimum atomic E-state index is -0.712. The number of aliphatic hydroxyl groups is 1. The second-order valence-electron chi connectivity index (χ2n) is 15.4. The van der Waals surface area contributed by atoms with E-state index in [2.05, 4.69) is 80.4 Å². The summed E-state index contributed by atoms with van der Waals surface area (Å²) in [5.41, 5.74) is 8.21. The van der Waals surface area contributed by atoms with Gasteiger partial charge in [0.05, 0.1) is 12.6 Å². The monoisotopic (exact) mass is 776 g/mol. The van der Waals surface area contributed by atoms with Crippen LogP contribution in [-0.2, 0) is 22.7 Å². The molecule has 1 aromatic heterocycles. The summed E-state index contributed by atoms with van der Waals surface area (Å²) in [6, 6.07) is 21.8. The maximum absolute atomic E-state index is 14.5. The number of anilines is 2. The van der Waals surface area contributed by atoms with E-state index in [1.165, 1.54) is 39.3 Å². The molecule has 3 amide bonds. The lowest BCUT2D eigenvalue weighted by Gasteiger charge is -2.39. The standard InChI is InChI=1S/C44H49FN6O4S/c45-31-23-34-36(26-51(44(34)55)39-11-12-41(53)49-43(39)54)40(24-31)56-20-5-3-1-2-4-16-47-32-8-6-7-29(21-32)30-9-10-37-35(22-30)42-33(38(27-52)48-37)15-19-50(42)25-28-13-17-46-18-14-28/h6-10,13-14,17-18,21-24,33,38-39,42,47-48,52H,1-5,11-12,15-16,19-20,25-27H2,(H,49,53,54)/t33-,38-,39?,42-/m1/s1. The summed E-state index contributed by atoms with van der Waals surface area (Å²) in [6.07, 6.45) is 10.5. The van der Waals surface area contributed by atoms with Crippen molar-refractivity contribution in [1.29, 1.82) is 0 Å². The zero-order valence-electron chi connectivity index (χ0n) is 31.5. The van der Waals surface area contributed by atoms with Gasteiger partial charge in [-0.25, -0.2) is 4.39 Å². The van der Waals surface area contributed by atoms with Crippen molar-refractivity contribution in [1.82, 2.24) is 20.1 Å². The highest BCUT2D eigenvalue weighted by Crippen LogP contribution is 2.48. The number of hydrogen-bond donors (Lipinski definition) is 4. The Bertz CT molecular complexity index is 2080. The molecule has 292 valence electrons. The van der Waals surface area contributed by atoms with Crippen molar-refractivity contribution in [2.45, 2.75) is 87.5 Å². The van der Waals surface area contributed by atoms with Gasteiger partial charge in [-0.3, -0.25) is 29.6 Å². The number of amides is 3. The third-order valence-corrected chi connectivity index (χ3v) is 13.0. The molecule has 5 heterocycles. The highest BCUT2D eigenvalue weighted by Gasteiger charge is 2.44. The zero-order valence-corrected chi connectivity index (χ0v) is 32.3. The number of likely N-dealkylation sites (tertiary alicyclic amines) is 1. The number of hydrogen-bond acceptors (Lipinski definition) is 9. The summed E-state index contributed by atoms with van der Waals surface area (Å²) in [4.78, 5) is 46.1. The fourth-order valence-electron chi connectivity index (χ4n) is 8.94. The maximum atomic E-state index is 14.5. The van der Waals surface area contributed by atoms with Crippen molar-refractivity contribution in [3.63, 3.8) is 0 Å². The molecule has 4 aliphatic heterocycles. The molecule has 2 fully saturated rings. The van der Waals surface area contributed by atoms with Gasteiger partial charge in [-0.1, -0.05) is 37.5 Å². The molecular formula is C44H49FN6O4S. The minimum absolute atomic E-state index is 0.0444. The molecule has 0 bridgehead atoms. The van der Waals surface area contributed by atoms with Crippen LogP contribution in [0.2, 0.25) is 0 Å². The Hall–Kier alpha value is -4.78. The number of imide groups is 1. The smallest absolute Gasteiger partial charge is 0.255 e. The Morgan fingerprint density at radius 1 is 0.929 bits per heavy atom. The van der Waals surface area contributed by atoms with Crippen LogP contribution in [-0.4, -0.2) is 75.1 Å². The van der Waals surface area contributed by atoms with Gasteiger partial charge in [-0.05, 0) is 114 Å². The highest BCUT2D eigenvalue weighted by molar-refractivity contribution is 7.99. The first kappa shape index (κ1) is 38.1. The van der Waals surface area contributed by atoms with E-state index in [4.69, 9.17) is 0 Å². The molecule has 4 aromatic rings. The summed E-state index contributed by atoms with van der Waals surface area (Å²) >= 11 is 1.57. The van der Waals surface area contributed by atoms with Gasteiger partial charge in [0.1, 0.15) is 11.9 Å². The molecule has 56 heavy (non-hydrogen) atoms. The normalized spacial score (nSPS) is 21.7. The van der Waals surface area contributed by atoms with Crippen LogP contribution < -0.4 is 16.0 Å². The number of nitrogens with zero attached hydrogens (tertiary/aromatic N) is 3. The lowest BCUT2D eigenvalue weighted by Crippen LogP contribution is -2.52. The van der Waals surface area contributed by atoms with E-state index in [1.54, 1.807) is 11.8 Å². The number of carbonyl (C=O) groups excluding carboxylic acids is 3. The topological polar surface area (TPSA) is 127 Å². The van der Waals surface area contributed by atoms with E-state index in [9.17, 15) is 23.9 Å². The molecular weight excluding hydrogens is 728 g/mol. The van der Waals surface area contributed by atoms with Gasteiger partial charge in [-0.2, -0.15) is 0 Å². The average molecular weight is 777 g/mol. The summed E-state index contributed by atoms with van der Waals surface area (Å²) < 4.78 is 14.5. The lowest BCUT2D eigenvalue weighted by atomic mass is 9.82. The molecule has 4 atom stereocenters. The number of unbranched alkanes of at least 4 members (excludes halogenated alkanes) is 4. The van der Waals surface area contributed by atoms with Crippen LogP contribution in [0.25, 0.3) is 11.1 Å². The number of nitrogens with one attached hydrogen (secondary N) is 3. The maximum Gasteiger partial charge on any atom is 0.255 e. The SMILES string of the molecule is O=C1CCC(N2Cc3c(SCCCCCCCNc4cccc(-c5ccc6c(c5)[C@H]5[C@H](CCN5Cc5ccncc5)[C@@H](CO)N6)c4)cc(F)cc3C2=O)C(=O)N1. The zero-order chi connectivity index (χ0) is 38.6. The van der Waals surface area contributed by atoms with Gasteiger partial charge < -0.3 is 20.6 Å². The van der Waals surface area contributed by atoms with Gasteiger partial charge in [-0.15, -0.1) is 11.8 Å². The number of carbonyl (C=O) groups is 3. The van der Waals surface area contributed by atoms with Gasteiger partial charge in [0.15, 0.2) is 0 Å². The fourth-order valence-corrected chi connectivity index (χ4v) is 10.1. The van der Waals surface area contributed by atoms with Crippen LogP contribution in [0.5, 0.6) is 0 Å². The van der Waals surface area contributed by atoms with Crippen LogP contribution in [0.3, 0.4) is 0 Å².